The van der Waals surface area contributed by atoms with Crippen LogP contribution >= 0.6 is 0 Å². The van der Waals surface area contributed by atoms with Gasteiger partial charge >= 0.3 is 5.97 Å². The van der Waals surface area contributed by atoms with Crippen LogP contribution in [0.5, 0.6) is 0 Å². The van der Waals surface area contributed by atoms with E-state index in [0.29, 0.717) is 6.54 Å². The fourth-order valence-electron chi connectivity index (χ4n) is 4.05. The zero-order valence-electron chi connectivity index (χ0n) is 14.7. The zero-order valence-corrected chi connectivity index (χ0v) is 14.7. The van der Waals surface area contributed by atoms with Crippen molar-refractivity contribution in [1.29, 1.82) is 0 Å². The van der Waals surface area contributed by atoms with Gasteiger partial charge in [0, 0.05) is 6.54 Å². The summed E-state index contributed by atoms with van der Waals surface area (Å²) in [4.78, 5) is 26.7. The maximum atomic E-state index is 13.8. The van der Waals surface area contributed by atoms with Gasteiger partial charge in [0.15, 0.2) is 0 Å². The van der Waals surface area contributed by atoms with E-state index in [9.17, 15) is 14.7 Å². The van der Waals surface area contributed by atoms with E-state index in [1.165, 1.54) is 4.90 Å². The Morgan fingerprint density at radius 2 is 1.37 bits per heavy atom. The number of hydrogen-bond donors (Lipinski definition) is 1. The number of benzene rings is 3. The molecular formula is C23H19NO3. The Hall–Kier alpha value is -3.40. The normalized spacial score (nSPS) is 15.3. The van der Waals surface area contributed by atoms with Crippen LogP contribution in [0.1, 0.15) is 22.3 Å². The lowest BCUT2D eigenvalue weighted by Crippen LogP contribution is -2.53. The van der Waals surface area contributed by atoms with Crippen molar-refractivity contribution in [3.8, 4) is 0 Å². The smallest absolute Gasteiger partial charge is 0.323 e. The Labute approximate surface area is 157 Å². The highest BCUT2D eigenvalue weighted by Gasteiger charge is 2.50. The molecule has 1 aliphatic heterocycles. The molecule has 4 nitrogen and oxygen atoms in total. The van der Waals surface area contributed by atoms with Crippen LogP contribution in [0, 0.1) is 0 Å². The van der Waals surface area contributed by atoms with Gasteiger partial charge in [-0.15, -0.1) is 0 Å². The molecule has 1 N–H and O–H groups in total. The first-order valence-corrected chi connectivity index (χ1v) is 8.84. The van der Waals surface area contributed by atoms with Gasteiger partial charge in [-0.25, -0.2) is 0 Å². The van der Waals surface area contributed by atoms with E-state index < -0.39 is 11.4 Å². The molecule has 0 fully saturated rings. The van der Waals surface area contributed by atoms with Crippen LogP contribution in [0.15, 0.2) is 84.9 Å². The molecule has 27 heavy (non-hydrogen) atoms. The fraction of sp³-hybridized carbons (Fsp3) is 0.130. The molecule has 4 rings (SSSR count). The number of rotatable bonds is 4. The van der Waals surface area contributed by atoms with Crippen LogP contribution < -0.4 is 0 Å². The lowest BCUT2D eigenvalue weighted by atomic mass is 9.65. The van der Waals surface area contributed by atoms with E-state index >= 15 is 0 Å². The zero-order chi connectivity index (χ0) is 18.9. The number of amides is 1. The molecule has 3 aromatic rings. The van der Waals surface area contributed by atoms with Gasteiger partial charge in [-0.05, 0) is 22.3 Å². The highest BCUT2D eigenvalue weighted by molar-refractivity contribution is 5.99. The summed E-state index contributed by atoms with van der Waals surface area (Å²) in [5.41, 5.74) is 2.49. The van der Waals surface area contributed by atoms with Crippen molar-refractivity contribution >= 4 is 11.9 Å². The predicted octanol–water partition coefficient (Wildman–Crippen LogP) is 3.45. The number of nitrogens with zero attached hydrogens (tertiary/aromatic N) is 1. The van der Waals surface area contributed by atoms with Crippen molar-refractivity contribution in [3.05, 3.63) is 107 Å². The number of carbonyl (C=O) groups is 2. The fourth-order valence-corrected chi connectivity index (χ4v) is 4.05. The summed E-state index contributed by atoms with van der Waals surface area (Å²) in [6.45, 7) is -0.0304. The molecule has 0 aliphatic carbocycles. The highest BCUT2D eigenvalue weighted by Crippen LogP contribution is 2.45. The quantitative estimate of drug-likeness (QED) is 0.778. The number of carbonyl (C=O) groups excluding carboxylic acids is 1. The third-order valence-corrected chi connectivity index (χ3v) is 5.13. The average Bonchev–Trinajstić information content (AvgIpc) is 2.70. The van der Waals surface area contributed by atoms with Crippen molar-refractivity contribution in [2.45, 2.75) is 12.0 Å². The maximum absolute atomic E-state index is 13.8. The van der Waals surface area contributed by atoms with Crippen molar-refractivity contribution in [2.75, 3.05) is 6.54 Å². The van der Waals surface area contributed by atoms with Gasteiger partial charge < -0.3 is 10.0 Å². The molecule has 0 saturated carbocycles. The average molecular weight is 357 g/mol. The Balaban J connectivity index is 2.06. The molecule has 0 saturated heterocycles. The van der Waals surface area contributed by atoms with Gasteiger partial charge in [-0.1, -0.05) is 84.9 Å². The molecule has 0 radical (unpaired) electrons. The third-order valence-electron chi connectivity index (χ3n) is 5.13. The van der Waals surface area contributed by atoms with Gasteiger partial charge in [-0.2, -0.15) is 0 Å². The number of carboxylic acids is 1. The first-order chi connectivity index (χ1) is 13.1. The summed E-state index contributed by atoms with van der Waals surface area (Å²) in [5.74, 6) is -1.22. The summed E-state index contributed by atoms with van der Waals surface area (Å²) in [6, 6.07) is 27.0. The van der Waals surface area contributed by atoms with Crippen LogP contribution in [0.2, 0.25) is 0 Å². The lowest BCUT2D eigenvalue weighted by molar-refractivity contribution is -0.147. The van der Waals surface area contributed by atoms with Gasteiger partial charge in [0.2, 0.25) is 5.91 Å². The second-order valence-corrected chi connectivity index (χ2v) is 6.69. The standard InChI is InChI=1S/C23H19NO3/c25-21(26)16-24-15-17-9-7-8-14-20(17)23(22(24)27,18-10-3-1-4-11-18)19-12-5-2-6-13-19/h1-14H,15-16H2,(H,25,26). The number of carboxylic acid groups (broad SMARTS) is 1. The minimum atomic E-state index is -1.06. The molecule has 0 bridgehead atoms. The summed E-state index contributed by atoms with van der Waals surface area (Å²) in [5, 5.41) is 9.35. The molecule has 1 aliphatic rings. The van der Waals surface area contributed by atoms with E-state index in [2.05, 4.69) is 0 Å². The first kappa shape index (κ1) is 17.0. The lowest BCUT2D eigenvalue weighted by Gasteiger charge is -2.43. The topological polar surface area (TPSA) is 57.6 Å². The van der Waals surface area contributed by atoms with E-state index in [-0.39, 0.29) is 12.5 Å². The van der Waals surface area contributed by atoms with Crippen LogP contribution in [0.25, 0.3) is 0 Å². The Bertz CT molecular complexity index is 943. The summed E-state index contributed by atoms with van der Waals surface area (Å²) >= 11 is 0. The van der Waals surface area contributed by atoms with Gasteiger partial charge in [0.25, 0.3) is 0 Å². The minimum absolute atomic E-state index is 0.207. The van der Waals surface area contributed by atoms with Crippen molar-refractivity contribution in [1.82, 2.24) is 4.90 Å². The molecule has 1 amide bonds. The van der Waals surface area contributed by atoms with Crippen molar-refractivity contribution < 1.29 is 14.7 Å². The monoisotopic (exact) mass is 357 g/mol. The van der Waals surface area contributed by atoms with Gasteiger partial charge in [0.05, 0.1) is 0 Å². The highest BCUT2D eigenvalue weighted by atomic mass is 16.4. The predicted molar refractivity (Wildman–Crippen MR) is 102 cm³/mol. The van der Waals surface area contributed by atoms with E-state index in [1.54, 1.807) is 0 Å². The molecule has 0 unspecified atom stereocenters. The molecule has 3 aromatic carbocycles. The van der Waals surface area contributed by atoms with Crippen molar-refractivity contribution in [3.63, 3.8) is 0 Å². The molecule has 0 spiro atoms. The number of aliphatic carboxylic acids is 1. The number of fused-ring (bicyclic) bond motifs is 1. The Morgan fingerprint density at radius 1 is 0.852 bits per heavy atom. The van der Waals surface area contributed by atoms with Crippen molar-refractivity contribution in [2.24, 2.45) is 0 Å². The summed E-state index contributed by atoms with van der Waals surface area (Å²) < 4.78 is 0. The molecule has 4 heteroatoms. The van der Waals surface area contributed by atoms with Crippen LogP contribution in [-0.4, -0.2) is 28.4 Å². The molecule has 0 aromatic heterocycles. The van der Waals surface area contributed by atoms with Crippen LogP contribution in [0.4, 0.5) is 0 Å². The third kappa shape index (κ3) is 2.70. The van der Waals surface area contributed by atoms with Crippen LogP contribution in [-0.2, 0) is 21.5 Å². The summed E-state index contributed by atoms with van der Waals surface area (Å²) in [7, 11) is 0. The second-order valence-electron chi connectivity index (χ2n) is 6.69. The molecule has 1 heterocycles. The Kier molecular flexibility index (Phi) is 4.24. The molecule has 134 valence electrons. The SMILES string of the molecule is O=C(O)CN1Cc2ccccc2C(c2ccccc2)(c2ccccc2)C1=O. The van der Waals surface area contributed by atoms with Gasteiger partial charge in [-0.3, -0.25) is 9.59 Å². The molecular weight excluding hydrogens is 338 g/mol. The van der Waals surface area contributed by atoms with E-state index in [0.717, 1.165) is 22.3 Å². The number of hydrogen-bond acceptors (Lipinski definition) is 2. The first-order valence-electron chi connectivity index (χ1n) is 8.84. The Morgan fingerprint density at radius 3 is 1.93 bits per heavy atom. The van der Waals surface area contributed by atoms with Gasteiger partial charge in [0.1, 0.15) is 12.0 Å². The summed E-state index contributed by atoms with van der Waals surface area (Å²) in [6.07, 6.45) is 0. The maximum Gasteiger partial charge on any atom is 0.323 e. The second kappa shape index (κ2) is 6.72. The minimum Gasteiger partial charge on any atom is -0.480 e. The largest absolute Gasteiger partial charge is 0.480 e. The van der Waals surface area contributed by atoms with E-state index in [1.807, 2.05) is 84.9 Å². The van der Waals surface area contributed by atoms with E-state index in [4.69, 9.17) is 0 Å². The van der Waals surface area contributed by atoms with Crippen LogP contribution in [0.3, 0.4) is 0 Å². The molecule has 0 atom stereocenters.